The van der Waals surface area contributed by atoms with Gasteiger partial charge in [0.15, 0.2) is 24.4 Å². The lowest BCUT2D eigenvalue weighted by Crippen LogP contribution is -2.35. The number of pyridine rings is 4. The number of aromatic nitrogens is 4. The summed E-state index contributed by atoms with van der Waals surface area (Å²) >= 11 is 3.06. The number of ketones is 1. The summed E-state index contributed by atoms with van der Waals surface area (Å²) < 4.78 is 44.3. The van der Waals surface area contributed by atoms with Gasteiger partial charge >= 0.3 is 17.9 Å². The second kappa shape index (κ2) is 27.4. The largest absolute Gasteiger partial charge is 0.462 e. The van der Waals surface area contributed by atoms with E-state index in [-0.39, 0.29) is 28.8 Å². The van der Waals surface area contributed by atoms with Crippen LogP contribution >= 0.6 is 23.1 Å². The average Bonchev–Trinajstić information content (AvgIpc) is 2.45. The molecule has 0 saturated heterocycles. The molecule has 0 bridgehead atoms. The van der Waals surface area contributed by atoms with Crippen LogP contribution < -0.4 is 18.3 Å². The van der Waals surface area contributed by atoms with E-state index in [4.69, 9.17) is 21.2 Å². The number of hydrogen-bond acceptors (Lipinski definition) is 10. The second-order valence-electron chi connectivity index (χ2n) is 21.0. The Labute approximate surface area is 498 Å². The molecular formula is C67H68F2N6O7S2+4. The van der Waals surface area contributed by atoms with Gasteiger partial charge in [-0.15, -0.1) is 33.9 Å². The maximum atomic E-state index is 13.6. The molecule has 17 heteroatoms. The Bertz CT molecular complexity index is 4020. The molecular weight excluding hydrogens is 1100 g/mol. The molecule has 5 aromatic heterocycles. The van der Waals surface area contributed by atoms with Crippen molar-refractivity contribution in [2.45, 2.75) is 85.5 Å². The molecule has 0 saturated carbocycles. The van der Waals surface area contributed by atoms with Crippen LogP contribution in [0.4, 0.5) is 14.5 Å². The van der Waals surface area contributed by atoms with E-state index in [1.54, 1.807) is 56.6 Å². The van der Waals surface area contributed by atoms with Gasteiger partial charge in [-0.25, -0.2) is 18.5 Å². The van der Waals surface area contributed by atoms with Gasteiger partial charge in [-0.1, -0.05) is 39.3 Å². The number of aryl methyl sites for hydroxylation is 6. The van der Waals surface area contributed by atoms with Gasteiger partial charge in [0, 0.05) is 62.7 Å². The second-order valence-corrected chi connectivity index (χ2v) is 23.9. The Balaban J connectivity index is 0.000000180. The number of nitriles is 1. The highest BCUT2D eigenvalue weighted by Crippen LogP contribution is 2.36. The zero-order chi connectivity index (χ0) is 62.1. The monoisotopic (exact) mass is 1170 g/mol. The SMILES string of the molecule is C#Cc1ccc(-c2ccc(SC(C)(C)C)cc2C)[n+](C)c1.C=Cc1cc(C)c(-c2cc(C(C)=O)cc[n+]2C)cc1[N+](=O)[O-].CCOC(=O)c1cc(C)c(-c2cc(F)cc(F)[n+]2C)s1.Cc1c(-c2ccc(C#N)c[n+]2C)cc2c(c1C)COC2=O. The number of nitro groups is 1. The number of rotatable bonds is 10. The van der Waals surface area contributed by atoms with Crippen molar-refractivity contribution in [3.63, 3.8) is 0 Å². The molecule has 8 aromatic rings. The lowest BCUT2D eigenvalue weighted by atomic mass is 9.92. The Kier molecular flexibility index (Phi) is 20.9. The van der Waals surface area contributed by atoms with E-state index in [9.17, 15) is 33.3 Å². The maximum Gasteiger partial charge on any atom is 0.362 e. The first kappa shape index (κ1) is 64.1. The molecule has 1 aliphatic heterocycles. The molecule has 0 radical (unpaired) electrons. The number of Topliss-reactive ketones (excluding diaryl/α,β-unsaturated/α-hetero) is 1. The number of halogens is 2. The van der Waals surface area contributed by atoms with E-state index in [0.29, 0.717) is 44.3 Å². The number of carbonyl (C=O) groups excluding carboxylic acids is 3. The normalized spacial score (nSPS) is 11.2. The quantitative estimate of drug-likeness (QED) is 0.0190. The standard InChI is InChI=1S/C19H22NS.C17H17N2O3.C17H15N2O2.C14H14F2NO2S/c1-7-15-8-11-18(20(6)13-15)17-10-9-16(12-14(17)2)21-19(3,4)5;1-5-13-8-11(2)15(10-16(13)19(21)22)17-9-14(12(3)20)6-7-18(17)4;1-10-11(2)15-9-21-17(20)14(15)6-13(10)16-5-4-12(7-18)8-19(16)3;1-4-19-14(18)11-5-8(2)13(20-11)10-6-9(15)7-12(16)17(10)3/h1,8-13H,2-6H3;5-10H,1H2,2-4H3;4-6,8H,9H2,1-3H3;5-7H,4H2,1-3H3/q4*+1. The third-order valence-electron chi connectivity index (χ3n) is 13.8. The fraction of sp³-hybridized carbons (Fsp3) is 0.254. The van der Waals surface area contributed by atoms with Crippen molar-refractivity contribution in [2.24, 2.45) is 28.2 Å². The first-order valence-corrected chi connectivity index (χ1v) is 28.3. The first-order valence-electron chi connectivity index (χ1n) is 26.6. The molecule has 0 amide bonds. The van der Waals surface area contributed by atoms with Crippen LogP contribution in [-0.2, 0) is 44.3 Å². The molecule has 9 rings (SSSR count). The number of terminal acetylenes is 1. The molecule has 0 atom stereocenters. The molecule has 0 N–H and O–H groups in total. The molecule has 0 aliphatic carbocycles. The summed E-state index contributed by atoms with van der Waals surface area (Å²) in [6.45, 7) is 24.1. The number of fused-ring (bicyclic) bond motifs is 1. The number of benzene rings is 3. The van der Waals surface area contributed by atoms with Gasteiger partial charge in [0.1, 0.15) is 62.0 Å². The van der Waals surface area contributed by atoms with Crippen molar-refractivity contribution in [3.05, 3.63) is 204 Å². The van der Waals surface area contributed by atoms with Crippen molar-refractivity contribution in [1.29, 1.82) is 5.26 Å². The highest BCUT2D eigenvalue weighted by molar-refractivity contribution is 8.00. The number of hydrogen-bond donors (Lipinski definition) is 0. The number of thioether (sulfide) groups is 1. The van der Waals surface area contributed by atoms with E-state index in [2.05, 4.69) is 75.1 Å². The van der Waals surface area contributed by atoms with E-state index in [1.165, 1.54) is 58.5 Å². The summed E-state index contributed by atoms with van der Waals surface area (Å²) in [5.74, 6) is 0.617. The predicted molar refractivity (Wildman–Crippen MR) is 324 cm³/mol. The van der Waals surface area contributed by atoms with Crippen LogP contribution in [0.3, 0.4) is 0 Å². The molecule has 1 aliphatic rings. The zero-order valence-corrected chi connectivity index (χ0v) is 51.4. The number of ether oxygens (including phenoxy) is 2. The number of nitrogens with zero attached hydrogens (tertiary/aromatic N) is 6. The van der Waals surface area contributed by atoms with Gasteiger partial charge in [-0.3, -0.25) is 14.9 Å². The Morgan fingerprint density at radius 3 is 2.04 bits per heavy atom. The van der Waals surface area contributed by atoms with Crippen LogP contribution in [0.15, 0.2) is 121 Å². The van der Waals surface area contributed by atoms with E-state index >= 15 is 0 Å². The Hall–Kier alpha value is -9.03. The molecule has 84 heavy (non-hydrogen) atoms. The van der Waals surface area contributed by atoms with E-state index < -0.39 is 22.7 Å². The third kappa shape index (κ3) is 15.1. The Morgan fingerprint density at radius 2 is 1.45 bits per heavy atom. The van der Waals surface area contributed by atoms with Crippen LogP contribution in [-0.4, -0.2) is 34.0 Å². The van der Waals surface area contributed by atoms with Crippen molar-refractivity contribution in [3.8, 4) is 62.8 Å². The highest BCUT2D eigenvalue weighted by atomic mass is 32.2. The number of esters is 2. The molecule has 13 nitrogen and oxygen atoms in total. The van der Waals surface area contributed by atoms with Gasteiger partial charge in [-0.2, -0.15) is 19.0 Å². The average molecular weight is 1170 g/mol. The lowest BCUT2D eigenvalue weighted by Gasteiger charge is -2.18. The van der Waals surface area contributed by atoms with Crippen molar-refractivity contribution >= 4 is 52.6 Å². The van der Waals surface area contributed by atoms with Crippen molar-refractivity contribution in [2.75, 3.05) is 6.61 Å². The number of cyclic esters (lactones) is 1. The van der Waals surface area contributed by atoms with Crippen molar-refractivity contribution in [1.82, 2.24) is 0 Å². The minimum atomic E-state index is -0.675. The van der Waals surface area contributed by atoms with Gasteiger partial charge in [0.05, 0.1) is 45.4 Å². The fourth-order valence-electron chi connectivity index (χ4n) is 9.31. The fourth-order valence-corrected chi connectivity index (χ4v) is 11.5. The summed E-state index contributed by atoms with van der Waals surface area (Å²) in [5, 5.41) is 20.2. The van der Waals surface area contributed by atoms with Crippen LogP contribution in [0, 0.1) is 80.2 Å². The summed E-state index contributed by atoms with van der Waals surface area (Å²) in [4.78, 5) is 48.3. The summed E-state index contributed by atoms with van der Waals surface area (Å²) in [6, 6.07) is 29.0. The van der Waals surface area contributed by atoms with Crippen LogP contribution in [0.1, 0.15) is 115 Å². The van der Waals surface area contributed by atoms with Crippen LogP contribution in [0.5, 0.6) is 0 Å². The van der Waals surface area contributed by atoms with Crippen molar-refractivity contribution < 1.29 is 55.8 Å². The smallest absolute Gasteiger partial charge is 0.362 e. The summed E-state index contributed by atoms with van der Waals surface area (Å²) in [6.07, 6.45) is 12.5. The molecule has 0 unspecified atom stereocenters. The maximum absolute atomic E-state index is 13.6. The van der Waals surface area contributed by atoms with Gasteiger partial charge in [0.2, 0.25) is 22.8 Å². The van der Waals surface area contributed by atoms with E-state index in [0.717, 1.165) is 73.3 Å². The van der Waals surface area contributed by atoms with E-state index in [1.807, 2.05) is 87.2 Å². The molecule has 3 aromatic carbocycles. The van der Waals surface area contributed by atoms with Crippen LogP contribution in [0.2, 0.25) is 0 Å². The Morgan fingerprint density at radius 1 is 0.810 bits per heavy atom. The number of carbonyl (C=O) groups is 3. The minimum absolute atomic E-state index is 0.00354. The van der Waals surface area contributed by atoms with Crippen LogP contribution in [0.25, 0.3) is 50.4 Å². The molecule has 0 spiro atoms. The first-order chi connectivity index (χ1) is 39.6. The topological polar surface area (TPSA) is 152 Å². The minimum Gasteiger partial charge on any atom is -0.462 e. The molecule has 0 fully saturated rings. The summed E-state index contributed by atoms with van der Waals surface area (Å²) in [5.41, 5.74) is 15.6. The van der Waals surface area contributed by atoms with Gasteiger partial charge in [0.25, 0.3) is 5.69 Å². The third-order valence-corrected chi connectivity index (χ3v) is 16.1. The molecule has 6 heterocycles. The number of thiophene rings is 1. The lowest BCUT2D eigenvalue weighted by molar-refractivity contribution is -0.689. The highest BCUT2D eigenvalue weighted by Gasteiger charge is 2.29. The zero-order valence-electron chi connectivity index (χ0n) is 49.8. The summed E-state index contributed by atoms with van der Waals surface area (Å²) in [7, 11) is 7.28. The van der Waals surface area contributed by atoms with Gasteiger partial charge in [-0.05, 0) is 125 Å². The molecule has 430 valence electrons. The number of nitro benzene ring substituents is 1. The predicted octanol–water partition coefficient (Wildman–Crippen LogP) is 12.9. The van der Waals surface area contributed by atoms with Gasteiger partial charge < -0.3 is 9.47 Å².